The molecule has 0 bridgehead atoms. The van der Waals surface area contributed by atoms with Gasteiger partial charge < -0.3 is 5.73 Å². The molecular weight excluding hydrogens is 398 g/mol. The smallest absolute Gasteiger partial charge is 0.275 e. The van der Waals surface area contributed by atoms with Crippen LogP contribution in [0.15, 0.2) is 36.8 Å². The van der Waals surface area contributed by atoms with Gasteiger partial charge in [0, 0.05) is 23.5 Å². The van der Waals surface area contributed by atoms with Crippen molar-refractivity contribution in [2.45, 2.75) is 6.04 Å². The van der Waals surface area contributed by atoms with Crippen molar-refractivity contribution in [1.29, 1.82) is 5.26 Å². The van der Waals surface area contributed by atoms with Crippen LogP contribution in [0.3, 0.4) is 0 Å². The molecule has 1 atom stereocenters. The maximum atomic E-state index is 14.4. The number of pyridine rings is 1. The summed E-state index contributed by atoms with van der Waals surface area (Å²) in [5, 5.41) is 26.9. The fraction of sp³-hybridized carbons (Fsp3) is 0.0556. The molecule has 0 spiro atoms. The van der Waals surface area contributed by atoms with Crippen molar-refractivity contribution in [3.63, 3.8) is 0 Å². The van der Waals surface area contributed by atoms with Gasteiger partial charge in [-0.1, -0.05) is 0 Å². The summed E-state index contributed by atoms with van der Waals surface area (Å²) in [7, 11) is 0. The molecule has 0 fully saturated rings. The molecule has 148 valence electrons. The summed E-state index contributed by atoms with van der Waals surface area (Å²) in [6.45, 7) is 0. The van der Waals surface area contributed by atoms with Crippen LogP contribution in [-0.4, -0.2) is 30.1 Å². The molecule has 10 nitrogen and oxygen atoms in total. The summed E-state index contributed by atoms with van der Waals surface area (Å²) in [6.07, 6.45) is 4.27. The molecule has 0 saturated heterocycles. The Balaban J connectivity index is 1.88. The average Bonchev–Trinajstić information content (AvgIpc) is 3.21. The summed E-state index contributed by atoms with van der Waals surface area (Å²) in [5.74, 6) is -2.55. The second-order valence-electron chi connectivity index (χ2n) is 6.19. The van der Waals surface area contributed by atoms with Gasteiger partial charge in [-0.15, -0.1) is 0 Å². The molecule has 4 rings (SSSR count). The van der Waals surface area contributed by atoms with Crippen LogP contribution in [0.2, 0.25) is 0 Å². The Hall–Kier alpha value is -4.37. The topological polar surface area (TPSA) is 160 Å². The first kappa shape index (κ1) is 19.0. The van der Waals surface area contributed by atoms with E-state index in [0.717, 1.165) is 0 Å². The maximum Gasteiger partial charge on any atom is 0.275 e. The van der Waals surface area contributed by atoms with Gasteiger partial charge in [-0.25, -0.2) is 18.7 Å². The Bertz CT molecular complexity index is 1320. The molecule has 3 heterocycles. The van der Waals surface area contributed by atoms with Crippen molar-refractivity contribution in [2.75, 3.05) is 0 Å². The second-order valence-corrected chi connectivity index (χ2v) is 6.19. The standard InChI is InChI=1S/C18H10F2N8O2/c19-12-2-10(28(29)30)3-13(20)14(12)15(22)18-25-16(11-7-24-27-17(11)26-18)9-1-8(4-21)5-23-6-9/h1-3,5-7,15H,22H2,(H,24,25,26,27). The molecule has 0 aliphatic rings. The van der Waals surface area contributed by atoms with E-state index in [1.807, 2.05) is 6.07 Å². The highest BCUT2D eigenvalue weighted by Gasteiger charge is 2.26. The number of nitrogens with one attached hydrogen (secondary N) is 1. The van der Waals surface area contributed by atoms with Crippen LogP contribution in [0.25, 0.3) is 22.3 Å². The second kappa shape index (κ2) is 7.22. The number of rotatable bonds is 4. The number of aromatic amines is 1. The van der Waals surface area contributed by atoms with Crippen molar-refractivity contribution in [2.24, 2.45) is 5.73 Å². The van der Waals surface area contributed by atoms with Gasteiger partial charge in [0.25, 0.3) is 5.69 Å². The Kier molecular flexibility index (Phi) is 4.57. The Morgan fingerprint density at radius 1 is 1.17 bits per heavy atom. The molecule has 0 radical (unpaired) electrons. The molecule has 1 unspecified atom stereocenters. The number of nitro groups is 1. The normalized spacial score (nSPS) is 11.9. The first-order chi connectivity index (χ1) is 14.4. The number of nitro benzene ring substituents is 1. The molecule has 0 saturated carbocycles. The number of hydrogen-bond donors (Lipinski definition) is 2. The van der Waals surface area contributed by atoms with Crippen LogP contribution >= 0.6 is 0 Å². The number of fused-ring (bicyclic) bond motifs is 1. The van der Waals surface area contributed by atoms with E-state index in [9.17, 15) is 18.9 Å². The zero-order valence-corrected chi connectivity index (χ0v) is 14.9. The summed E-state index contributed by atoms with van der Waals surface area (Å²) >= 11 is 0. The van der Waals surface area contributed by atoms with Gasteiger partial charge in [0.2, 0.25) is 0 Å². The summed E-state index contributed by atoms with van der Waals surface area (Å²) in [4.78, 5) is 22.4. The highest BCUT2D eigenvalue weighted by atomic mass is 19.1. The van der Waals surface area contributed by atoms with Gasteiger partial charge >= 0.3 is 0 Å². The summed E-state index contributed by atoms with van der Waals surface area (Å²) in [5.41, 5.74) is 5.94. The number of non-ortho nitro benzene ring substituents is 1. The van der Waals surface area contributed by atoms with Crippen LogP contribution in [0, 0.1) is 33.1 Å². The molecular formula is C18H10F2N8O2. The lowest BCUT2D eigenvalue weighted by atomic mass is 10.0. The minimum Gasteiger partial charge on any atom is -0.317 e. The molecule has 3 aromatic heterocycles. The van der Waals surface area contributed by atoms with Crippen LogP contribution in [-0.2, 0) is 0 Å². The largest absolute Gasteiger partial charge is 0.317 e. The third-order valence-corrected chi connectivity index (χ3v) is 4.33. The van der Waals surface area contributed by atoms with Crippen molar-refractivity contribution in [1.82, 2.24) is 25.1 Å². The van der Waals surface area contributed by atoms with Crippen LogP contribution in [0.4, 0.5) is 14.5 Å². The fourth-order valence-electron chi connectivity index (χ4n) is 2.94. The van der Waals surface area contributed by atoms with Crippen LogP contribution < -0.4 is 5.73 Å². The van der Waals surface area contributed by atoms with Gasteiger partial charge in [-0.2, -0.15) is 10.4 Å². The number of nitrogens with zero attached hydrogens (tertiary/aromatic N) is 6. The van der Waals surface area contributed by atoms with Crippen molar-refractivity contribution in [3.05, 3.63) is 75.5 Å². The minimum atomic E-state index is -1.47. The molecule has 1 aromatic carbocycles. The summed E-state index contributed by atoms with van der Waals surface area (Å²) < 4.78 is 28.9. The number of benzene rings is 1. The number of hydrogen-bond acceptors (Lipinski definition) is 8. The third-order valence-electron chi connectivity index (χ3n) is 4.33. The Morgan fingerprint density at radius 2 is 1.90 bits per heavy atom. The number of aromatic nitrogens is 5. The third kappa shape index (κ3) is 3.19. The highest BCUT2D eigenvalue weighted by Crippen LogP contribution is 2.30. The van der Waals surface area contributed by atoms with E-state index in [2.05, 4.69) is 25.1 Å². The molecule has 3 N–H and O–H groups in total. The first-order valence-electron chi connectivity index (χ1n) is 8.34. The molecule has 12 heteroatoms. The van der Waals surface area contributed by atoms with E-state index in [0.29, 0.717) is 28.8 Å². The minimum absolute atomic E-state index is 0.157. The van der Waals surface area contributed by atoms with E-state index in [-0.39, 0.29) is 17.0 Å². The lowest BCUT2D eigenvalue weighted by Gasteiger charge is -2.14. The number of nitrogens with two attached hydrogens (primary N) is 1. The van der Waals surface area contributed by atoms with E-state index in [1.54, 1.807) is 0 Å². The fourth-order valence-corrected chi connectivity index (χ4v) is 2.94. The van der Waals surface area contributed by atoms with E-state index in [4.69, 9.17) is 11.0 Å². The summed E-state index contributed by atoms with van der Waals surface area (Å²) in [6, 6.07) is 3.18. The predicted molar refractivity (Wildman–Crippen MR) is 98.7 cm³/mol. The first-order valence-corrected chi connectivity index (χ1v) is 8.34. The highest BCUT2D eigenvalue weighted by molar-refractivity contribution is 5.89. The monoisotopic (exact) mass is 408 g/mol. The van der Waals surface area contributed by atoms with Gasteiger partial charge in [0.05, 0.1) is 45.9 Å². The van der Waals surface area contributed by atoms with Crippen LogP contribution in [0.1, 0.15) is 23.0 Å². The van der Waals surface area contributed by atoms with Crippen molar-refractivity contribution in [3.8, 4) is 17.3 Å². The van der Waals surface area contributed by atoms with E-state index in [1.165, 1.54) is 24.7 Å². The zero-order chi connectivity index (χ0) is 21.4. The molecule has 4 aromatic rings. The Labute approximate surface area is 166 Å². The van der Waals surface area contributed by atoms with Gasteiger partial charge in [0.15, 0.2) is 11.5 Å². The maximum absolute atomic E-state index is 14.4. The number of halogens is 2. The SMILES string of the molecule is N#Cc1cncc(-c2nc(C(N)c3c(F)cc([N+](=O)[O-])cc3F)nc3[nH]ncc23)c1. The molecule has 30 heavy (non-hydrogen) atoms. The van der Waals surface area contributed by atoms with Gasteiger partial charge in [-0.05, 0) is 6.07 Å². The predicted octanol–water partition coefficient (Wildman–Crippen LogP) is 2.52. The number of H-pyrrole nitrogens is 1. The number of nitriles is 1. The lowest BCUT2D eigenvalue weighted by Crippen LogP contribution is -2.19. The van der Waals surface area contributed by atoms with Crippen molar-refractivity contribution >= 4 is 16.7 Å². The zero-order valence-electron chi connectivity index (χ0n) is 14.9. The average molecular weight is 408 g/mol. The Morgan fingerprint density at radius 3 is 2.57 bits per heavy atom. The van der Waals surface area contributed by atoms with Crippen LogP contribution in [0.5, 0.6) is 0 Å². The van der Waals surface area contributed by atoms with Gasteiger partial charge in [0.1, 0.15) is 17.7 Å². The molecule has 0 aliphatic heterocycles. The van der Waals surface area contributed by atoms with E-state index >= 15 is 0 Å². The lowest BCUT2D eigenvalue weighted by molar-refractivity contribution is -0.385. The molecule has 0 amide bonds. The quantitative estimate of drug-likeness (QED) is 0.385. The van der Waals surface area contributed by atoms with Crippen molar-refractivity contribution < 1.29 is 13.7 Å². The van der Waals surface area contributed by atoms with E-state index < -0.39 is 33.9 Å². The molecule has 0 aliphatic carbocycles. The van der Waals surface area contributed by atoms with Gasteiger partial charge in [-0.3, -0.25) is 20.2 Å².